The average Bonchev–Trinajstić information content (AvgIpc) is 2.66. The Labute approximate surface area is 119 Å². The Bertz CT molecular complexity index is 360. The minimum atomic E-state index is 0.359. The van der Waals surface area contributed by atoms with E-state index in [9.17, 15) is 0 Å². The fourth-order valence-electron chi connectivity index (χ4n) is 2.30. The number of aryl methyl sites for hydroxylation is 2. The summed E-state index contributed by atoms with van der Waals surface area (Å²) in [5, 5.41) is 4.62. The number of nitrogens with two attached hydrogens (primary N) is 1. The van der Waals surface area contributed by atoms with E-state index in [0.717, 1.165) is 38.6 Å². The molecule has 1 aromatic heterocycles. The second-order valence-corrected chi connectivity index (χ2v) is 5.61. The van der Waals surface area contributed by atoms with Crippen LogP contribution in [0.15, 0.2) is 4.47 Å². The molecule has 0 aliphatic rings. The molecule has 0 bridgehead atoms. The van der Waals surface area contributed by atoms with Crippen LogP contribution in [-0.4, -0.2) is 15.8 Å². The molecule has 1 aromatic rings. The first-order valence-electron chi connectivity index (χ1n) is 7.13. The van der Waals surface area contributed by atoms with Crippen LogP contribution in [0.3, 0.4) is 0 Å². The van der Waals surface area contributed by atoms with Gasteiger partial charge in [0.25, 0.3) is 0 Å². The molecule has 0 aliphatic heterocycles. The summed E-state index contributed by atoms with van der Waals surface area (Å²) in [7, 11) is 0. The number of aromatic nitrogens is 2. The van der Waals surface area contributed by atoms with Gasteiger partial charge in [0.1, 0.15) is 0 Å². The van der Waals surface area contributed by atoms with Crippen molar-refractivity contribution in [2.24, 2.45) is 5.73 Å². The molecule has 1 rings (SSSR count). The van der Waals surface area contributed by atoms with E-state index in [1.54, 1.807) is 0 Å². The van der Waals surface area contributed by atoms with Crippen LogP contribution in [0.1, 0.15) is 57.8 Å². The van der Waals surface area contributed by atoms with Crippen molar-refractivity contribution >= 4 is 15.9 Å². The topological polar surface area (TPSA) is 43.8 Å². The van der Waals surface area contributed by atoms with Gasteiger partial charge in [-0.15, -0.1) is 0 Å². The highest BCUT2D eigenvalue weighted by atomic mass is 79.9. The van der Waals surface area contributed by atoms with Crippen molar-refractivity contribution in [3.8, 4) is 0 Å². The Morgan fingerprint density at radius 3 is 2.56 bits per heavy atom. The van der Waals surface area contributed by atoms with Crippen LogP contribution in [0, 0.1) is 0 Å². The molecule has 1 unspecified atom stereocenters. The summed E-state index contributed by atoms with van der Waals surface area (Å²) in [6, 6.07) is 0.359. The fraction of sp³-hybridized carbons (Fsp3) is 0.786. The van der Waals surface area contributed by atoms with Crippen molar-refractivity contribution in [1.29, 1.82) is 0 Å². The lowest BCUT2D eigenvalue weighted by Gasteiger charge is -2.10. The molecule has 0 spiro atoms. The minimum Gasteiger partial charge on any atom is -0.328 e. The van der Waals surface area contributed by atoms with Crippen molar-refractivity contribution in [3.05, 3.63) is 15.9 Å². The van der Waals surface area contributed by atoms with E-state index in [1.165, 1.54) is 22.3 Å². The summed E-state index contributed by atoms with van der Waals surface area (Å²) in [5.41, 5.74) is 8.56. The lowest BCUT2D eigenvalue weighted by Crippen LogP contribution is -2.19. The van der Waals surface area contributed by atoms with Gasteiger partial charge in [-0.25, -0.2) is 0 Å². The van der Waals surface area contributed by atoms with Gasteiger partial charge < -0.3 is 5.73 Å². The molecule has 104 valence electrons. The first-order valence-corrected chi connectivity index (χ1v) is 7.92. The molecule has 1 atom stereocenters. The summed E-state index contributed by atoms with van der Waals surface area (Å²) in [6.45, 7) is 7.42. The van der Waals surface area contributed by atoms with Crippen LogP contribution >= 0.6 is 15.9 Å². The fourth-order valence-corrected chi connectivity index (χ4v) is 3.07. The Kier molecular flexibility index (Phi) is 6.94. The van der Waals surface area contributed by atoms with Gasteiger partial charge in [0, 0.05) is 12.6 Å². The summed E-state index contributed by atoms with van der Waals surface area (Å²) in [5.74, 6) is 0. The number of hydrogen-bond donors (Lipinski definition) is 1. The molecule has 18 heavy (non-hydrogen) atoms. The van der Waals surface area contributed by atoms with E-state index in [1.807, 2.05) is 0 Å². The summed E-state index contributed by atoms with van der Waals surface area (Å²) < 4.78 is 3.32. The summed E-state index contributed by atoms with van der Waals surface area (Å²) >= 11 is 3.69. The molecule has 0 aliphatic carbocycles. The van der Waals surface area contributed by atoms with Crippen molar-refractivity contribution in [2.75, 3.05) is 0 Å². The number of nitrogens with zero attached hydrogens (tertiary/aromatic N) is 2. The van der Waals surface area contributed by atoms with Crippen LogP contribution in [0.5, 0.6) is 0 Å². The Morgan fingerprint density at radius 1 is 1.28 bits per heavy atom. The van der Waals surface area contributed by atoms with E-state index in [4.69, 9.17) is 5.73 Å². The zero-order chi connectivity index (χ0) is 13.5. The Hall–Kier alpha value is -0.350. The molecule has 0 saturated heterocycles. The molecule has 2 N–H and O–H groups in total. The van der Waals surface area contributed by atoms with Crippen molar-refractivity contribution in [1.82, 2.24) is 9.78 Å². The van der Waals surface area contributed by atoms with E-state index in [-0.39, 0.29) is 0 Å². The SMILES string of the molecule is CCCC(N)CCCc1c(Br)c(CC)nn1CC. The third-order valence-corrected chi connectivity index (χ3v) is 4.26. The second kappa shape index (κ2) is 7.95. The Balaban J connectivity index is 2.58. The van der Waals surface area contributed by atoms with Crippen LogP contribution in [-0.2, 0) is 19.4 Å². The minimum absolute atomic E-state index is 0.359. The third-order valence-electron chi connectivity index (χ3n) is 3.34. The quantitative estimate of drug-likeness (QED) is 0.795. The first-order chi connectivity index (χ1) is 8.63. The molecule has 0 radical (unpaired) electrons. The predicted molar refractivity (Wildman–Crippen MR) is 80.8 cm³/mol. The molecule has 0 aromatic carbocycles. The van der Waals surface area contributed by atoms with Gasteiger partial charge in [0.2, 0.25) is 0 Å². The normalized spacial score (nSPS) is 12.9. The number of hydrogen-bond acceptors (Lipinski definition) is 2. The third kappa shape index (κ3) is 4.09. The number of halogens is 1. The van der Waals surface area contributed by atoms with Crippen molar-refractivity contribution < 1.29 is 0 Å². The molecule has 0 fully saturated rings. The van der Waals surface area contributed by atoms with Crippen LogP contribution < -0.4 is 5.73 Å². The lowest BCUT2D eigenvalue weighted by molar-refractivity contribution is 0.525. The molecule has 4 heteroatoms. The van der Waals surface area contributed by atoms with Gasteiger partial charge in [-0.2, -0.15) is 5.10 Å². The van der Waals surface area contributed by atoms with E-state index in [0.29, 0.717) is 6.04 Å². The lowest BCUT2D eigenvalue weighted by atomic mass is 10.0. The highest BCUT2D eigenvalue weighted by Gasteiger charge is 2.13. The van der Waals surface area contributed by atoms with Crippen LogP contribution in [0.4, 0.5) is 0 Å². The van der Waals surface area contributed by atoms with Crippen LogP contribution in [0.25, 0.3) is 0 Å². The zero-order valence-corrected chi connectivity index (χ0v) is 13.5. The highest BCUT2D eigenvalue weighted by Crippen LogP contribution is 2.24. The molecule has 0 amide bonds. The monoisotopic (exact) mass is 315 g/mol. The molecule has 1 heterocycles. The van der Waals surface area contributed by atoms with E-state index < -0.39 is 0 Å². The zero-order valence-electron chi connectivity index (χ0n) is 11.9. The molecule has 3 nitrogen and oxygen atoms in total. The second-order valence-electron chi connectivity index (χ2n) is 4.82. The molecule has 0 saturated carbocycles. The van der Waals surface area contributed by atoms with Gasteiger partial charge in [0.05, 0.1) is 15.9 Å². The summed E-state index contributed by atoms with van der Waals surface area (Å²) in [4.78, 5) is 0. The summed E-state index contributed by atoms with van der Waals surface area (Å²) in [6.07, 6.45) is 6.62. The van der Waals surface area contributed by atoms with Gasteiger partial charge in [-0.1, -0.05) is 20.3 Å². The smallest absolute Gasteiger partial charge is 0.0766 e. The van der Waals surface area contributed by atoms with Crippen LogP contribution in [0.2, 0.25) is 0 Å². The maximum Gasteiger partial charge on any atom is 0.0766 e. The highest BCUT2D eigenvalue weighted by molar-refractivity contribution is 9.10. The van der Waals surface area contributed by atoms with Crippen molar-refractivity contribution in [2.45, 2.75) is 71.9 Å². The van der Waals surface area contributed by atoms with Gasteiger partial charge in [-0.05, 0) is 55.0 Å². The van der Waals surface area contributed by atoms with Gasteiger partial charge in [-0.3, -0.25) is 4.68 Å². The van der Waals surface area contributed by atoms with Gasteiger partial charge >= 0.3 is 0 Å². The largest absolute Gasteiger partial charge is 0.328 e. The number of rotatable bonds is 8. The van der Waals surface area contributed by atoms with Gasteiger partial charge in [0.15, 0.2) is 0 Å². The maximum atomic E-state index is 6.05. The Morgan fingerprint density at radius 2 is 2.00 bits per heavy atom. The van der Waals surface area contributed by atoms with E-state index in [2.05, 4.69) is 46.5 Å². The molecular weight excluding hydrogens is 290 g/mol. The predicted octanol–water partition coefficient (Wildman–Crippen LogP) is 3.68. The first kappa shape index (κ1) is 15.7. The molecular formula is C14H26BrN3. The standard InChI is InChI=1S/C14H26BrN3/c1-4-8-11(16)9-7-10-13-14(15)12(5-2)17-18(13)6-3/h11H,4-10,16H2,1-3H3. The average molecular weight is 316 g/mol. The van der Waals surface area contributed by atoms with Crippen molar-refractivity contribution in [3.63, 3.8) is 0 Å². The van der Waals surface area contributed by atoms with E-state index >= 15 is 0 Å². The maximum absolute atomic E-state index is 6.05.